The minimum atomic E-state index is 0.385. The third kappa shape index (κ3) is 4.78. The molecule has 0 aliphatic carbocycles. The first-order valence-electron chi connectivity index (χ1n) is 7.80. The maximum absolute atomic E-state index is 3.62. The Kier molecular flexibility index (Phi) is 7.60. The Balaban J connectivity index is 3.10. The van der Waals surface area contributed by atoms with Crippen molar-refractivity contribution >= 4 is 21.6 Å². The van der Waals surface area contributed by atoms with Crippen LogP contribution in [-0.4, -0.2) is 19.1 Å². The highest BCUT2D eigenvalue weighted by molar-refractivity contribution is 9.10. The van der Waals surface area contributed by atoms with Gasteiger partial charge < -0.3 is 10.2 Å². The molecular weight excluding hydrogens is 312 g/mol. The molecule has 20 heavy (non-hydrogen) atoms. The van der Waals surface area contributed by atoms with Gasteiger partial charge in [-0.3, -0.25) is 0 Å². The number of nitrogens with zero attached hydrogens (tertiary/aromatic N) is 1. The molecule has 0 fully saturated rings. The van der Waals surface area contributed by atoms with Crippen molar-refractivity contribution < 1.29 is 0 Å². The molecule has 0 bridgehead atoms. The summed E-state index contributed by atoms with van der Waals surface area (Å²) >= 11 is 3.62. The van der Waals surface area contributed by atoms with Crippen LogP contribution in [0, 0.1) is 0 Å². The van der Waals surface area contributed by atoms with Crippen molar-refractivity contribution in [3.8, 4) is 0 Å². The summed E-state index contributed by atoms with van der Waals surface area (Å²) in [6, 6.07) is 7.55. The van der Waals surface area contributed by atoms with E-state index >= 15 is 0 Å². The van der Waals surface area contributed by atoms with Gasteiger partial charge in [-0.25, -0.2) is 0 Å². The minimum absolute atomic E-state index is 0.385. The normalized spacial score (nSPS) is 12.8. The van der Waals surface area contributed by atoms with Gasteiger partial charge in [0.05, 0.1) is 0 Å². The van der Waals surface area contributed by atoms with Crippen molar-refractivity contribution in [2.75, 3.05) is 18.0 Å². The van der Waals surface area contributed by atoms with Crippen LogP contribution in [0.1, 0.15) is 59.1 Å². The number of hydrogen-bond donors (Lipinski definition) is 1. The molecule has 0 saturated carbocycles. The molecule has 0 aliphatic heterocycles. The number of benzene rings is 1. The zero-order valence-corrected chi connectivity index (χ0v) is 15.1. The van der Waals surface area contributed by atoms with Gasteiger partial charge in [0.25, 0.3) is 0 Å². The van der Waals surface area contributed by atoms with E-state index in [1.165, 1.54) is 24.1 Å². The van der Waals surface area contributed by atoms with Gasteiger partial charge in [-0.1, -0.05) is 35.8 Å². The van der Waals surface area contributed by atoms with Gasteiger partial charge >= 0.3 is 0 Å². The van der Waals surface area contributed by atoms with Crippen LogP contribution in [0.3, 0.4) is 0 Å². The second-order valence-electron chi connectivity index (χ2n) is 5.67. The summed E-state index contributed by atoms with van der Waals surface area (Å²) in [7, 11) is 0. The molecule has 1 atom stereocenters. The average molecular weight is 341 g/mol. The van der Waals surface area contributed by atoms with E-state index in [0.717, 1.165) is 17.6 Å². The molecule has 1 aromatic rings. The van der Waals surface area contributed by atoms with Crippen molar-refractivity contribution in [2.24, 2.45) is 0 Å². The summed E-state index contributed by atoms with van der Waals surface area (Å²) < 4.78 is 1.15. The van der Waals surface area contributed by atoms with E-state index in [9.17, 15) is 0 Å². The van der Waals surface area contributed by atoms with E-state index in [-0.39, 0.29) is 0 Å². The van der Waals surface area contributed by atoms with Crippen molar-refractivity contribution in [2.45, 2.75) is 59.5 Å². The highest BCUT2D eigenvalue weighted by Crippen LogP contribution is 2.31. The lowest BCUT2D eigenvalue weighted by Gasteiger charge is -2.32. The predicted molar refractivity (Wildman–Crippen MR) is 93.6 cm³/mol. The molecule has 114 valence electrons. The van der Waals surface area contributed by atoms with E-state index in [4.69, 9.17) is 0 Å². The maximum Gasteiger partial charge on any atom is 0.0428 e. The summed E-state index contributed by atoms with van der Waals surface area (Å²) in [4.78, 5) is 2.50. The minimum Gasteiger partial charge on any atom is -0.369 e. The van der Waals surface area contributed by atoms with Crippen molar-refractivity contribution in [1.29, 1.82) is 0 Å². The van der Waals surface area contributed by atoms with Crippen LogP contribution in [0.4, 0.5) is 5.69 Å². The van der Waals surface area contributed by atoms with E-state index in [1.54, 1.807) is 0 Å². The lowest BCUT2D eigenvalue weighted by molar-refractivity contribution is 0.565. The van der Waals surface area contributed by atoms with Crippen molar-refractivity contribution in [3.63, 3.8) is 0 Å². The van der Waals surface area contributed by atoms with Crippen LogP contribution in [0.2, 0.25) is 0 Å². The lowest BCUT2D eigenvalue weighted by atomic mass is 10.0. The Morgan fingerprint density at radius 2 is 1.85 bits per heavy atom. The highest BCUT2D eigenvalue weighted by atomic mass is 79.9. The van der Waals surface area contributed by atoms with E-state index in [1.807, 2.05) is 0 Å². The molecule has 3 heteroatoms. The van der Waals surface area contributed by atoms with E-state index in [2.05, 4.69) is 79.0 Å². The fourth-order valence-electron chi connectivity index (χ4n) is 2.50. The Hall–Kier alpha value is -0.540. The summed E-state index contributed by atoms with van der Waals surface area (Å²) in [5, 5.41) is 3.60. The number of nitrogens with one attached hydrogen (secondary N) is 1. The quantitative estimate of drug-likeness (QED) is 0.705. The maximum atomic E-state index is 3.62. The summed E-state index contributed by atoms with van der Waals surface area (Å²) in [5.74, 6) is 0. The summed E-state index contributed by atoms with van der Waals surface area (Å²) in [6.07, 6.45) is 2.33. The topological polar surface area (TPSA) is 15.3 Å². The largest absolute Gasteiger partial charge is 0.369 e. The third-order valence-electron chi connectivity index (χ3n) is 3.56. The van der Waals surface area contributed by atoms with E-state index < -0.39 is 0 Å². The molecule has 0 saturated heterocycles. The van der Waals surface area contributed by atoms with Gasteiger partial charge in [-0.05, 0) is 57.9 Å². The fraction of sp³-hybridized carbons (Fsp3) is 0.647. The molecule has 1 rings (SSSR count). The molecule has 0 aliphatic rings. The Morgan fingerprint density at radius 1 is 1.15 bits per heavy atom. The molecule has 1 unspecified atom stereocenters. The van der Waals surface area contributed by atoms with Crippen LogP contribution in [0.25, 0.3) is 0 Å². The second kappa shape index (κ2) is 8.68. The van der Waals surface area contributed by atoms with Crippen molar-refractivity contribution in [1.82, 2.24) is 5.32 Å². The fourth-order valence-corrected chi connectivity index (χ4v) is 2.85. The first-order valence-corrected chi connectivity index (χ1v) is 8.60. The second-order valence-corrected chi connectivity index (χ2v) is 6.58. The third-order valence-corrected chi connectivity index (χ3v) is 4.05. The average Bonchev–Trinajstić information content (AvgIpc) is 2.41. The summed E-state index contributed by atoms with van der Waals surface area (Å²) in [5.41, 5.74) is 2.75. The Labute approximate surface area is 133 Å². The highest BCUT2D eigenvalue weighted by Gasteiger charge is 2.17. The first kappa shape index (κ1) is 17.5. The number of halogens is 1. The molecule has 2 nitrogen and oxygen atoms in total. The summed E-state index contributed by atoms with van der Waals surface area (Å²) in [6.45, 7) is 13.4. The van der Waals surface area contributed by atoms with Crippen molar-refractivity contribution in [3.05, 3.63) is 28.2 Å². The molecule has 0 amide bonds. The number of anilines is 1. The van der Waals surface area contributed by atoms with Crippen LogP contribution >= 0.6 is 15.9 Å². The van der Waals surface area contributed by atoms with Gasteiger partial charge in [0, 0.05) is 28.8 Å². The lowest BCUT2D eigenvalue weighted by Crippen LogP contribution is -2.33. The number of rotatable bonds is 8. The van der Waals surface area contributed by atoms with Gasteiger partial charge in [-0.15, -0.1) is 0 Å². The molecule has 0 heterocycles. The SMILES string of the molecule is CCCNC(C)c1ccc(Br)cc1N(CCC)C(C)C. The first-order chi connectivity index (χ1) is 9.51. The molecular formula is C17H29BrN2. The van der Waals surface area contributed by atoms with Gasteiger partial charge in [-0.2, -0.15) is 0 Å². The molecule has 1 N–H and O–H groups in total. The number of hydrogen-bond acceptors (Lipinski definition) is 2. The molecule has 0 aromatic heterocycles. The van der Waals surface area contributed by atoms with Gasteiger partial charge in [0.2, 0.25) is 0 Å². The molecule has 0 radical (unpaired) electrons. The standard InChI is InChI=1S/C17H29BrN2/c1-6-10-19-14(5)16-9-8-15(18)12-17(16)20(11-7-2)13(3)4/h8-9,12-14,19H,6-7,10-11H2,1-5H3. The Bertz CT molecular complexity index is 404. The van der Waals surface area contributed by atoms with E-state index in [0.29, 0.717) is 12.1 Å². The van der Waals surface area contributed by atoms with Crippen LogP contribution < -0.4 is 10.2 Å². The molecule has 0 spiro atoms. The van der Waals surface area contributed by atoms with Crippen LogP contribution in [-0.2, 0) is 0 Å². The zero-order valence-electron chi connectivity index (χ0n) is 13.5. The molecule has 1 aromatic carbocycles. The monoisotopic (exact) mass is 340 g/mol. The predicted octanol–water partition coefficient (Wildman–Crippen LogP) is 5.13. The zero-order chi connectivity index (χ0) is 15.1. The van der Waals surface area contributed by atoms with Gasteiger partial charge in [0.1, 0.15) is 0 Å². The van der Waals surface area contributed by atoms with Crippen LogP contribution in [0.15, 0.2) is 22.7 Å². The van der Waals surface area contributed by atoms with Crippen LogP contribution in [0.5, 0.6) is 0 Å². The Morgan fingerprint density at radius 3 is 2.40 bits per heavy atom. The van der Waals surface area contributed by atoms with Gasteiger partial charge in [0.15, 0.2) is 0 Å². The smallest absolute Gasteiger partial charge is 0.0428 e.